The van der Waals surface area contributed by atoms with Gasteiger partial charge in [-0.2, -0.15) is 0 Å². The highest BCUT2D eigenvalue weighted by Crippen LogP contribution is 2.34. The van der Waals surface area contributed by atoms with Crippen LogP contribution in [0.3, 0.4) is 0 Å². The average Bonchev–Trinajstić information content (AvgIpc) is 2.70. The van der Waals surface area contributed by atoms with Gasteiger partial charge in [-0.15, -0.1) is 11.8 Å². The Kier molecular flexibility index (Phi) is 4.67. The molecule has 1 heterocycles. The van der Waals surface area contributed by atoms with E-state index < -0.39 is 0 Å². The number of aromatic nitrogens is 1. The second-order valence-corrected chi connectivity index (χ2v) is 6.36. The molecule has 4 heteroatoms. The van der Waals surface area contributed by atoms with E-state index in [2.05, 4.69) is 45.3 Å². The third-order valence-corrected chi connectivity index (χ3v) is 4.58. The summed E-state index contributed by atoms with van der Waals surface area (Å²) in [4.78, 5) is 4.41. The van der Waals surface area contributed by atoms with Crippen molar-refractivity contribution in [1.29, 1.82) is 0 Å². The largest absolute Gasteiger partial charge is 0.314 e. The molecule has 0 bridgehead atoms. The third kappa shape index (κ3) is 3.47. The minimum Gasteiger partial charge on any atom is -0.314 e. The van der Waals surface area contributed by atoms with Crippen LogP contribution in [-0.4, -0.2) is 22.8 Å². The van der Waals surface area contributed by atoms with E-state index in [9.17, 15) is 0 Å². The van der Waals surface area contributed by atoms with Crippen molar-refractivity contribution in [2.45, 2.75) is 42.5 Å². The number of halogens is 1. The molecule has 2 unspecified atom stereocenters. The number of nitrogens with one attached hydrogen (secondary N) is 1. The van der Waals surface area contributed by atoms with Crippen molar-refractivity contribution in [2.24, 2.45) is 0 Å². The van der Waals surface area contributed by atoms with E-state index in [1.165, 1.54) is 19.3 Å². The van der Waals surface area contributed by atoms with Crippen LogP contribution in [0.25, 0.3) is 0 Å². The van der Waals surface area contributed by atoms with Gasteiger partial charge in [0, 0.05) is 22.0 Å². The van der Waals surface area contributed by atoms with Gasteiger partial charge in [0.05, 0.1) is 5.03 Å². The summed E-state index contributed by atoms with van der Waals surface area (Å²) in [6, 6.07) is 4.87. The zero-order chi connectivity index (χ0) is 11.4. The SMILES string of the molecule is CCNC1CCC(Sc2ccc(Br)cn2)C1. The molecule has 0 aliphatic heterocycles. The van der Waals surface area contributed by atoms with Crippen molar-refractivity contribution in [1.82, 2.24) is 10.3 Å². The fraction of sp³-hybridized carbons (Fsp3) is 0.583. The van der Waals surface area contributed by atoms with Crippen LogP contribution in [-0.2, 0) is 0 Å². The summed E-state index contributed by atoms with van der Waals surface area (Å²) in [5.74, 6) is 0. The fourth-order valence-electron chi connectivity index (χ4n) is 2.12. The fourth-order valence-corrected chi connectivity index (χ4v) is 3.54. The predicted molar refractivity (Wildman–Crippen MR) is 72.9 cm³/mol. The normalized spacial score (nSPS) is 24.9. The van der Waals surface area contributed by atoms with Crippen LogP contribution in [0.5, 0.6) is 0 Å². The monoisotopic (exact) mass is 300 g/mol. The van der Waals surface area contributed by atoms with Crippen LogP contribution in [0.4, 0.5) is 0 Å². The van der Waals surface area contributed by atoms with Gasteiger partial charge in [0.25, 0.3) is 0 Å². The van der Waals surface area contributed by atoms with Crippen molar-refractivity contribution < 1.29 is 0 Å². The Hall–Kier alpha value is -0.0600. The van der Waals surface area contributed by atoms with Crippen LogP contribution >= 0.6 is 27.7 Å². The smallest absolute Gasteiger partial charge is 0.0963 e. The van der Waals surface area contributed by atoms with Gasteiger partial charge >= 0.3 is 0 Å². The molecule has 88 valence electrons. The lowest BCUT2D eigenvalue weighted by molar-refractivity contribution is 0.543. The number of nitrogens with zero attached hydrogens (tertiary/aromatic N) is 1. The first-order valence-electron chi connectivity index (χ1n) is 5.79. The predicted octanol–water partition coefficient (Wildman–Crippen LogP) is 3.47. The number of rotatable bonds is 4. The van der Waals surface area contributed by atoms with E-state index in [4.69, 9.17) is 0 Å². The second-order valence-electron chi connectivity index (χ2n) is 4.12. The Morgan fingerprint density at radius 3 is 3.06 bits per heavy atom. The Labute approximate surface area is 110 Å². The second kappa shape index (κ2) is 6.03. The van der Waals surface area contributed by atoms with Gasteiger partial charge in [0.15, 0.2) is 0 Å². The molecule has 2 atom stereocenters. The highest BCUT2D eigenvalue weighted by atomic mass is 79.9. The van der Waals surface area contributed by atoms with E-state index in [1.807, 2.05) is 18.0 Å². The Balaban J connectivity index is 1.84. The van der Waals surface area contributed by atoms with E-state index in [-0.39, 0.29) is 0 Å². The minimum absolute atomic E-state index is 0.720. The summed E-state index contributed by atoms with van der Waals surface area (Å²) in [6.45, 7) is 3.26. The zero-order valence-corrected chi connectivity index (χ0v) is 11.9. The number of hydrogen-bond donors (Lipinski definition) is 1. The molecule has 0 spiro atoms. The third-order valence-electron chi connectivity index (χ3n) is 2.86. The van der Waals surface area contributed by atoms with E-state index in [0.717, 1.165) is 27.3 Å². The molecule has 0 radical (unpaired) electrons. The van der Waals surface area contributed by atoms with Gasteiger partial charge in [-0.05, 0) is 53.9 Å². The summed E-state index contributed by atoms with van der Waals surface area (Å²) in [6.07, 6.45) is 5.76. The summed E-state index contributed by atoms with van der Waals surface area (Å²) in [5.41, 5.74) is 0. The quantitative estimate of drug-likeness (QED) is 0.922. The number of pyridine rings is 1. The molecule has 0 amide bonds. The van der Waals surface area contributed by atoms with Crippen molar-refractivity contribution in [2.75, 3.05) is 6.54 Å². The van der Waals surface area contributed by atoms with E-state index in [0.29, 0.717) is 0 Å². The average molecular weight is 301 g/mol. The standard InChI is InChI=1S/C12H17BrN2S/c1-2-14-10-4-5-11(7-10)16-12-6-3-9(13)8-15-12/h3,6,8,10-11,14H,2,4-5,7H2,1H3. The molecule has 1 aliphatic carbocycles. The van der Waals surface area contributed by atoms with Gasteiger partial charge in [0.2, 0.25) is 0 Å². The van der Waals surface area contributed by atoms with Gasteiger partial charge in [-0.3, -0.25) is 0 Å². The highest BCUT2D eigenvalue weighted by Gasteiger charge is 2.24. The zero-order valence-electron chi connectivity index (χ0n) is 9.45. The summed E-state index contributed by atoms with van der Waals surface area (Å²) < 4.78 is 1.05. The van der Waals surface area contributed by atoms with Gasteiger partial charge in [-0.25, -0.2) is 4.98 Å². The first kappa shape index (κ1) is 12.4. The molecule has 1 aliphatic rings. The first-order chi connectivity index (χ1) is 7.78. The van der Waals surface area contributed by atoms with Crippen molar-refractivity contribution >= 4 is 27.7 Å². The highest BCUT2D eigenvalue weighted by molar-refractivity contribution is 9.10. The minimum atomic E-state index is 0.720. The lowest BCUT2D eigenvalue weighted by Crippen LogP contribution is -2.26. The van der Waals surface area contributed by atoms with Crippen molar-refractivity contribution in [3.05, 3.63) is 22.8 Å². The van der Waals surface area contributed by atoms with E-state index in [1.54, 1.807) is 0 Å². The Bertz CT molecular complexity index is 328. The molecule has 2 nitrogen and oxygen atoms in total. The molecule has 0 saturated heterocycles. The molecule has 1 fully saturated rings. The lowest BCUT2D eigenvalue weighted by Gasteiger charge is -2.11. The molecular weight excluding hydrogens is 284 g/mol. The van der Waals surface area contributed by atoms with Crippen LogP contribution < -0.4 is 5.32 Å². The lowest BCUT2D eigenvalue weighted by atomic mass is 10.2. The van der Waals surface area contributed by atoms with Crippen LogP contribution in [0.2, 0.25) is 0 Å². The van der Waals surface area contributed by atoms with Crippen LogP contribution in [0, 0.1) is 0 Å². The molecule has 2 rings (SSSR count). The molecule has 1 N–H and O–H groups in total. The molecule has 0 aromatic carbocycles. The molecule has 1 aromatic rings. The summed E-state index contributed by atoms with van der Waals surface area (Å²) in [7, 11) is 0. The van der Waals surface area contributed by atoms with Gasteiger partial charge in [0.1, 0.15) is 0 Å². The number of thioether (sulfide) groups is 1. The van der Waals surface area contributed by atoms with Crippen LogP contribution in [0.15, 0.2) is 27.8 Å². The summed E-state index contributed by atoms with van der Waals surface area (Å²) in [5, 5.41) is 5.41. The Morgan fingerprint density at radius 2 is 2.38 bits per heavy atom. The molecular formula is C12H17BrN2S. The maximum Gasteiger partial charge on any atom is 0.0963 e. The topological polar surface area (TPSA) is 24.9 Å². The van der Waals surface area contributed by atoms with E-state index >= 15 is 0 Å². The molecule has 16 heavy (non-hydrogen) atoms. The number of hydrogen-bond acceptors (Lipinski definition) is 3. The van der Waals surface area contributed by atoms with Crippen LogP contribution in [0.1, 0.15) is 26.2 Å². The van der Waals surface area contributed by atoms with Gasteiger partial charge < -0.3 is 5.32 Å². The first-order valence-corrected chi connectivity index (χ1v) is 7.46. The maximum absolute atomic E-state index is 4.41. The van der Waals surface area contributed by atoms with Gasteiger partial charge in [-0.1, -0.05) is 6.92 Å². The molecule has 1 saturated carbocycles. The van der Waals surface area contributed by atoms with Crippen molar-refractivity contribution in [3.63, 3.8) is 0 Å². The maximum atomic E-state index is 4.41. The Morgan fingerprint density at radius 1 is 1.50 bits per heavy atom. The molecule has 1 aromatic heterocycles. The summed E-state index contributed by atoms with van der Waals surface area (Å²) >= 11 is 5.32. The van der Waals surface area contributed by atoms with Crippen molar-refractivity contribution in [3.8, 4) is 0 Å².